The van der Waals surface area contributed by atoms with Crippen LogP contribution in [0.2, 0.25) is 0 Å². The molecule has 18 heavy (non-hydrogen) atoms. The zero-order chi connectivity index (χ0) is 13.3. The van der Waals surface area contributed by atoms with Crippen molar-refractivity contribution in [1.29, 1.82) is 0 Å². The molecule has 1 aromatic carbocycles. The van der Waals surface area contributed by atoms with Crippen LogP contribution >= 0.6 is 0 Å². The summed E-state index contributed by atoms with van der Waals surface area (Å²) >= 11 is 0. The number of carbonyl (C=O) groups excluding carboxylic acids is 1. The number of ether oxygens (including phenoxy) is 1. The molecule has 98 valence electrons. The Bertz CT molecular complexity index is 427. The summed E-state index contributed by atoms with van der Waals surface area (Å²) in [4.78, 5) is 12.1. The van der Waals surface area contributed by atoms with Crippen LogP contribution in [-0.4, -0.2) is 43.2 Å². The van der Waals surface area contributed by atoms with Crippen molar-refractivity contribution in [2.75, 3.05) is 20.7 Å². The molecule has 2 rings (SSSR count). The molecule has 3 heteroatoms. The average molecular weight is 248 g/mol. The normalized spacial score (nSPS) is 29.4. The first-order valence-corrected chi connectivity index (χ1v) is 6.55. The van der Waals surface area contributed by atoms with Crippen molar-refractivity contribution in [3.8, 4) is 0 Å². The number of rotatable bonds is 3. The Morgan fingerprint density at radius 2 is 1.89 bits per heavy atom. The minimum Gasteiger partial charge on any atom is -0.462 e. The highest BCUT2D eigenvalue weighted by atomic mass is 16.5. The largest absolute Gasteiger partial charge is 0.462 e. The Kier molecular flexibility index (Phi) is 3.44. The Morgan fingerprint density at radius 3 is 2.44 bits per heavy atom. The van der Waals surface area contributed by atoms with E-state index in [1.165, 1.54) is 5.56 Å². The molecule has 0 saturated carbocycles. The molecule has 1 aliphatic rings. The van der Waals surface area contributed by atoms with Gasteiger partial charge in [-0.05, 0) is 19.4 Å². The van der Waals surface area contributed by atoms with Gasteiger partial charge in [0, 0.05) is 0 Å². The number of likely N-dealkylation sites (N-methyl/N-ethyl adjacent to an activating group) is 1. The van der Waals surface area contributed by atoms with E-state index >= 15 is 0 Å². The first kappa shape index (κ1) is 13.1. The Labute approximate surface area is 109 Å². The lowest BCUT2D eigenvalue weighted by molar-refractivity contribution is -0.975. The third-order valence-electron chi connectivity index (χ3n) is 4.34. The minimum atomic E-state index is -0.0812. The lowest BCUT2D eigenvalue weighted by Gasteiger charge is -2.56. The number of esters is 1. The maximum absolute atomic E-state index is 12.1. The van der Waals surface area contributed by atoms with Gasteiger partial charge in [0.2, 0.25) is 0 Å². The van der Waals surface area contributed by atoms with Gasteiger partial charge < -0.3 is 9.22 Å². The second-order valence-corrected chi connectivity index (χ2v) is 5.50. The predicted octanol–water partition coefficient (Wildman–Crippen LogP) is 2.18. The standard InChI is InChI=1S/C15H22NO2/c1-5-18-15(17)14-13(11(2)16(14,3)4)12-9-7-6-8-10-12/h6-11,13-14H,5H2,1-4H3/q+1/t11-,13+,14-/m0/s1. The lowest BCUT2D eigenvalue weighted by atomic mass is 9.74. The number of nitrogens with zero attached hydrogens (tertiary/aromatic N) is 1. The molecular weight excluding hydrogens is 226 g/mol. The molecule has 0 spiro atoms. The summed E-state index contributed by atoms with van der Waals surface area (Å²) in [5, 5.41) is 0. The van der Waals surface area contributed by atoms with E-state index in [1.807, 2.05) is 25.1 Å². The fourth-order valence-electron chi connectivity index (χ4n) is 3.03. The van der Waals surface area contributed by atoms with E-state index in [-0.39, 0.29) is 17.9 Å². The van der Waals surface area contributed by atoms with Gasteiger partial charge >= 0.3 is 5.97 Å². The van der Waals surface area contributed by atoms with Crippen LogP contribution in [0.15, 0.2) is 30.3 Å². The van der Waals surface area contributed by atoms with Gasteiger partial charge in [0.05, 0.1) is 32.7 Å². The van der Waals surface area contributed by atoms with E-state index in [4.69, 9.17) is 4.74 Å². The molecule has 1 saturated heterocycles. The number of likely N-dealkylation sites (tertiary alicyclic amines) is 1. The van der Waals surface area contributed by atoms with Gasteiger partial charge in [-0.3, -0.25) is 0 Å². The minimum absolute atomic E-state index is 0.0746. The van der Waals surface area contributed by atoms with Crippen molar-refractivity contribution in [3.63, 3.8) is 0 Å². The second kappa shape index (κ2) is 4.73. The molecule has 1 aromatic rings. The molecule has 1 fully saturated rings. The number of hydrogen-bond donors (Lipinski definition) is 0. The number of carbonyl (C=O) groups is 1. The molecule has 0 bridgehead atoms. The van der Waals surface area contributed by atoms with Crippen LogP contribution in [0.1, 0.15) is 25.3 Å². The van der Waals surface area contributed by atoms with E-state index < -0.39 is 0 Å². The fraction of sp³-hybridized carbons (Fsp3) is 0.533. The van der Waals surface area contributed by atoms with E-state index in [1.54, 1.807) is 0 Å². The van der Waals surface area contributed by atoms with E-state index in [0.717, 1.165) is 0 Å². The van der Waals surface area contributed by atoms with Gasteiger partial charge in [-0.2, -0.15) is 0 Å². The van der Waals surface area contributed by atoms with Gasteiger partial charge in [0.25, 0.3) is 0 Å². The summed E-state index contributed by atoms with van der Waals surface area (Å²) in [6, 6.07) is 10.6. The van der Waals surface area contributed by atoms with E-state index in [2.05, 4.69) is 33.2 Å². The monoisotopic (exact) mass is 248 g/mol. The third kappa shape index (κ3) is 1.93. The molecule has 3 atom stereocenters. The van der Waals surface area contributed by atoms with Crippen molar-refractivity contribution in [1.82, 2.24) is 0 Å². The molecule has 0 aromatic heterocycles. The lowest BCUT2D eigenvalue weighted by Crippen LogP contribution is -2.73. The van der Waals surface area contributed by atoms with Crippen molar-refractivity contribution in [3.05, 3.63) is 35.9 Å². The highest BCUT2D eigenvalue weighted by molar-refractivity contribution is 5.77. The van der Waals surface area contributed by atoms with Crippen LogP contribution in [0.3, 0.4) is 0 Å². The van der Waals surface area contributed by atoms with Crippen LogP contribution in [0.4, 0.5) is 0 Å². The van der Waals surface area contributed by atoms with Gasteiger partial charge in [0.15, 0.2) is 6.04 Å². The molecule has 0 unspecified atom stereocenters. The number of quaternary nitrogens is 1. The number of hydrogen-bond acceptors (Lipinski definition) is 2. The Hall–Kier alpha value is -1.35. The first-order valence-electron chi connectivity index (χ1n) is 6.55. The molecule has 1 aliphatic heterocycles. The zero-order valence-corrected chi connectivity index (χ0v) is 11.6. The van der Waals surface area contributed by atoms with Gasteiger partial charge in [-0.25, -0.2) is 4.79 Å². The van der Waals surface area contributed by atoms with E-state index in [9.17, 15) is 4.79 Å². The molecule has 0 aliphatic carbocycles. The quantitative estimate of drug-likeness (QED) is 0.605. The molecule has 0 amide bonds. The van der Waals surface area contributed by atoms with Crippen LogP contribution in [0.25, 0.3) is 0 Å². The maximum atomic E-state index is 12.1. The third-order valence-corrected chi connectivity index (χ3v) is 4.34. The smallest absolute Gasteiger partial charge is 0.365 e. The highest BCUT2D eigenvalue weighted by Gasteiger charge is 2.60. The maximum Gasteiger partial charge on any atom is 0.365 e. The summed E-state index contributed by atoms with van der Waals surface area (Å²) in [5.41, 5.74) is 1.24. The molecule has 3 nitrogen and oxygen atoms in total. The summed E-state index contributed by atoms with van der Waals surface area (Å²) in [5.74, 6) is 0.190. The summed E-state index contributed by atoms with van der Waals surface area (Å²) in [7, 11) is 4.21. The molecule has 1 heterocycles. The SMILES string of the molecule is CCOC(=O)[C@@H]1[C@@H](c2ccccc2)[C@H](C)[N+]1(C)C. The molecule has 0 radical (unpaired) electrons. The van der Waals surface area contributed by atoms with Crippen LogP contribution in [-0.2, 0) is 9.53 Å². The average Bonchev–Trinajstić information content (AvgIpc) is 2.36. The number of benzene rings is 1. The predicted molar refractivity (Wildman–Crippen MR) is 71.2 cm³/mol. The highest BCUT2D eigenvalue weighted by Crippen LogP contribution is 2.44. The van der Waals surface area contributed by atoms with Gasteiger partial charge in [-0.15, -0.1) is 0 Å². The van der Waals surface area contributed by atoms with Gasteiger partial charge in [-0.1, -0.05) is 30.3 Å². The van der Waals surface area contributed by atoms with Crippen molar-refractivity contribution in [2.45, 2.75) is 31.8 Å². The van der Waals surface area contributed by atoms with Crippen molar-refractivity contribution < 1.29 is 14.0 Å². The zero-order valence-electron chi connectivity index (χ0n) is 11.6. The Morgan fingerprint density at radius 1 is 1.28 bits per heavy atom. The van der Waals surface area contributed by atoms with Crippen LogP contribution < -0.4 is 0 Å². The van der Waals surface area contributed by atoms with Crippen LogP contribution in [0.5, 0.6) is 0 Å². The second-order valence-electron chi connectivity index (χ2n) is 5.50. The summed E-state index contributed by atoms with van der Waals surface area (Å²) in [6.07, 6.45) is 0. The Balaban J connectivity index is 2.27. The topological polar surface area (TPSA) is 26.3 Å². The van der Waals surface area contributed by atoms with Crippen molar-refractivity contribution >= 4 is 5.97 Å². The van der Waals surface area contributed by atoms with E-state index in [0.29, 0.717) is 17.1 Å². The van der Waals surface area contributed by atoms with Crippen molar-refractivity contribution in [2.24, 2.45) is 0 Å². The van der Waals surface area contributed by atoms with Crippen LogP contribution in [0, 0.1) is 0 Å². The van der Waals surface area contributed by atoms with Gasteiger partial charge in [0.1, 0.15) is 0 Å². The first-order chi connectivity index (χ1) is 8.50. The fourth-order valence-corrected chi connectivity index (χ4v) is 3.03. The molecule has 0 N–H and O–H groups in total. The summed E-state index contributed by atoms with van der Waals surface area (Å²) < 4.78 is 5.93. The summed E-state index contributed by atoms with van der Waals surface area (Å²) in [6.45, 7) is 4.51. The molecular formula is C15H22NO2+.